The van der Waals surface area contributed by atoms with Crippen LogP contribution in [-0.4, -0.2) is 23.9 Å². The second-order valence-corrected chi connectivity index (χ2v) is 6.12. The molecule has 0 radical (unpaired) electrons. The summed E-state index contributed by atoms with van der Waals surface area (Å²) in [6.45, 7) is 3.81. The van der Waals surface area contributed by atoms with E-state index in [-0.39, 0.29) is 11.7 Å². The Kier molecular flexibility index (Phi) is 3.83. The third-order valence-electron chi connectivity index (χ3n) is 3.73. The van der Waals surface area contributed by atoms with Gasteiger partial charge in [-0.25, -0.2) is 4.98 Å². The van der Waals surface area contributed by atoms with Gasteiger partial charge in [0.25, 0.3) is 0 Å². The third kappa shape index (κ3) is 2.75. The lowest BCUT2D eigenvalue weighted by Crippen LogP contribution is -2.38. The molecule has 1 atom stereocenters. The molecular weight excluding hydrogens is 268 g/mol. The van der Waals surface area contributed by atoms with Crippen molar-refractivity contribution in [1.82, 2.24) is 4.98 Å². The first-order chi connectivity index (χ1) is 9.74. The number of hydrogen-bond donors (Lipinski definition) is 0. The molecule has 20 heavy (non-hydrogen) atoms. The van der Waals surface area contributed by atoms with Crippen LogP contribution in [0, 0.1) is 12.8 Å². The number of aromatic nitrogens is 1. The monoisotopic (exact) mass is 286 g/mol. The van der Waals surface area contributed by atoms with E-state index in [4.69, 9.17) is 0 Å². The van der Waals surface area contributed by atoms with E-state index in [0.29, 0.717) is 0 Å². The van der Waals surface area contributed by atoms with Crippen molar-refractivity contribution in [2.45, 2.75) is 19.8 Å². The van der Waals surface area contributed by atoms with Gasteiger partial charge in [-0.2, -0.15) is 0 Å². The fourth-order valence-corrected chi connectivity index (χ4v) is 3.53. The molecule has 2 heterocycles. The third-order valence-corrected chi connectivity index (χ3v) is 4.75. The van der Waals surface area contributed by atoms with Gasteiger partial charge in [0.2, 0.25) is 0 Å². The number of hydrogen-bond acceptors (Lipinski definition) is 4. The number of carbonyl (C=O) groups is 1. The fraction of sp³-hybridized carbons (Fsp3) is 0.375. The molecule has 1 aliphatic rings. The maximum absolute atomic E-state index is 12.5. The van der Waals surface area contributed by atoms with Crippen molar-refractivity contribution in [2.75, 3.05) is 18.0 Å². The Morgan fingerprint density at radius 2 is 2.15 bits per heavy atom. The van der Waals surface area contributed by atoms with E-state index in [0.717, 1.165) is 42.3 Å². The topological polar surface area (TPSA) is 33.2 Å². The van der Waals surface area contributed by atoms with Crippen molar-refractivity contribution in [1.29, 1.82) is 0 Å². The molecule has 4 heteroatoms. The van der Waals surface area contributed by atoms with Crippen LogP contribution in [0.3, 0.4) is 0 Å². The van der Waals surface area contributed by atoms with Crippen LogP contribution < -0.4 is 4.90 Å². The van der Waals surface area contributed by atoms with Crippen LogP contribution in [0.5, 0.6) is 0 Å². The van der Waals surface area contributed by atoms with Gasteiger partial charge < -0.3 is 4.90 Å². The van der Waals surface area contributed by atoms with E-state index in [2.05, 4.69) is 15.3 Å². The Morgan fingerprint density at radius 3 is 2.85 bits per heavy atom. The predicted molar refractivity (Wildman–Crippen MR) is 82.6 cm³/mol. The average Bonchev–Trinajstić information content (AvgIpc) is 2.94. The molecule has 0 aliphatic carbocycles. The Labute approximate surface area is 123 Å². The van der Waals surface area contributed by atoms with Crippen molar-refractivity contribution in [3.05, 3.63) is 47.0 Å². The normalized spacial score (nSPS) is 19.1. The Bertz CT molecular complexity index is 594. The summed E-state index contributed by atoms with van der Waals surface area (Å²) < 4.78 is 0. The van der Waals surface area contributed by atoms with Crippen molar-refractivity contribution in [3.8, 4) is 0 Å². The first-order valence-corrected chi connectivity index (χ1v) is 7.88. The summed E-state index contributed by atoms with van der Waals surface area (Å²) in [5.41, 5.74) is 1.89. The highest BCUT2D eigenvalue weighted by Crippen LogP contribution is 2.27. The number of ketones is 1. The molecule has 0 saturated carbocycles. The van der Waals surface area contributed by atoms with Crippen LogP contribution in [0.15, 0.2) is 35.7 Å². The molecule has 2 aromatic rings. The Morgan fingerprint density at radius 1 is 1.35 bits per heavy atom. The number of rotatable bonds is 3. The van der Waals surface area contributed by atoms with E-state index >= 15 is 0 Å². The summed E-state index contributed by atoms with van der Waals surface area (Å²) in [7, 11) is 0. The number of benzene rings is 1. The highest BCUT2D eigenvalue weighted by molar-refractivity contribution is 7.13. The summed E-state index contributed by atoms with van der Waals surface area (Å²) in [6.07, 6.45) is 2.04. The molecule has 0 spiro atoms. The SMILES string of the molecule is Cc1csc(N2CCC[C@H](C(=O)c3ccccc3)C2)n1. The number of anilines is 1. The number of thiazole rings is 1. The zero-order chi connectivity index (χ0) is 13.9. The molecule has 0 unspecified atom stereocenters. The van der Waals surface area contributed by atoms with E-state index in [1.807, 2.05) is 37.3 Å². The van der Waals surface area contributed by atoms with Gasteiger partial charge in [0.05, 0.1) is 5.69 Å². The molecule has 0 N–H and O–H groups in total. The van der Waals surface area contributed by atoms with Crippen LogP contribution in [0.1, 0.15) is 28.9 Å². The smallest absolute Gasteiger partial charge is 0.185 e. The minimum Gasteiger partial charge on any atom is -0.347 e. The van der Waals surface area contributed by atoms with E-state index in [1.165, 1.54) is 0 Å². The lowest BCUT2D eigenvalue weighted by molar-refractivity contribution is 0.0907. The van der Waals surface area contributed by atoms with Gasteiger partial charge in [-0.05, 0) is 19.8 Å². The maximum Gasteiger partial charge on any atom is 0.185 e. The summed E-state index contributed by atoms with van der Waals surface area (Å²) in [5.74, 6) is 0.360. The number of carbonyl (C=O) groups excluding carboxylic acids is 1. The molecule has 1 aliphatic heterocycles. The molecule has 3 rings (SSSR count). The predicted octanol–water partition coefficient (Wildman–Crippen LogP) is 3.55. The molecule has 1 saturated heterocycles. The summed E-state index contributed by atoms with van der Waals surface area (Å²) in [5, 5.41) is 3.12. The Hall–Kier alpha value is -1.68. The molecule has 0 bridgehead atoms. The van der Waals surface area contributed by atoms with Gasteiger partial charge in [0.15, 0.2) is 10.9 Å². The van der Waals surface area contributed by atoms with Gasteiger partial charge >= 0.3 is 0 Å². The van der Waals surface area contributed by atoms with E-state index in [1.54, 1.807) is 11.3 Å². The second-order valence-electron chi connectivity index (χ2n) is 5.29. The zero-order valence-electron chi connectivity index (χ0n) is 11.6. The number of piperidine rings is 1. The molecule has 104 valence electrons. The number of nitrogens with zero attached hydrogens (tertiary/aromatic N) is 2. The second kappa shape index (κ2) is 5.75. The van der Waals surface area contributed by atoms with Crippen LogP contribution in [0.25, 0.3) is 0 Å². The maximum atomic E-state index is 12.5. The largest absolute Gasteiger partial charge is 0.347 e. The van der Waals surface area contributed by atoms with Crippen molar-refractivity contribution >= 4 is 22.3 Å². The highest BCUT2D eigenvalue weighted by atomic mass is 32.1. The van der Waals surface area contributed by atoms with Crippen LogP contribution in [0.2, 0.25) is 0 Å². The van der Waals surface area contributed by atoms with Gasteiger partial charge in [0.1, 0.15) is 0 Å². The summed E-state index contributed by atoms with van der Waals surface area (Å²) >= 11 is 1.67. The molecular formula is C16H18N2OS. The summed E-state index contributed by atoms with van der Waals surface area (Å²) in [4.78, 5) is 19.3. The highest BCUT2D eigenvalue weighted by Gasteiger charge is 2.27. The molecule has 1 aromatic carbocycles. The average molecular weight is 286 g/mol. The van der Waals surface area contributed by atoms with E-state index < -0.39 is 0 Å². The van der Waals surface area contributed by atoms with Crippen LogP contribution in [-0.2, 0) is 0 Å². The molecule has 0 amide bonds. The molecule has 3 nitrogen and oxygen atoms in total. The lowest BCUT2D eigenvalue weighted by Gasteiger charge is -2.31. The minimum atomic E-state index is 0.0929. The van der Waals surface area contributed by atoms with E-state index in [9.17, 15) is 4.79 Å². The number of Topliss-reactive ketones (excluding diaryl/α,β-unsaturated/α-hetero) is 1. The van der Waals surface area contributed by atoms with Gasteiger partial charge in [-0.3, -0.25) is 4.79 Å². The standard InChI is InChI=1S/C16H18N2OS/c1-12-11-20-16(17-12)18-9-5-8-14(10-18)15(19)13-6-3-2-4-7-13/h2-4,6-7,11,14H,5,8-10H2,1H3/t14-/m0/s1. The first kappa shape index (κ1) is 13.3. The van der Waals surface area contributed by atoms with Gasteiger partial charge in [-0.1, -0.05) is 30.3 Å². The first-order valence-electron chi connectivity index (χ1n) is 7.00. The van der Waals surface area contributed by atoms with Crippen LogP contribution >= 0.6 is 11.3 Å². The molecule has 1 aromatic heterocycles. The van der Waals surface area contributed by atoms with Crippen molar-refractivity contribution in [2.24, 2.45) is 5.92 Å². The van der Waals surface area contributed by atoms with Crippen molar-refractivity contribution < 1.29 is 4.79 Å². The number of aryl methyl sites for hydroxylation is 1. The van der Waals surface area contributed by atoms with Crippen molar-refractivity contribution in [3.63, 3.8) is 0 Å². The Balaban J connectivity index is 1.74. The van der Waals surface area contributed by atoms with Gasteiger partial charge in [-0.15, -0.1) is 11.3 Å². The molecule has 1 fully saturated rings. The lowest BCUT2D eigenvalue weighted by atomic mass is 9.90. The quantitative estimate of drug-likeness (QED) is 0.809. The summed E-state index contributed by atoms with van der Waals surface area (Å²) in [6, 6.07) is 9.63. The van der Waals surface area contributed by atoms with Crippen LogP contribution in [0.4, 0.5) is 5.13 Å². The van der Waals surface area contributed by atoms with Gasteiger partial charge in [0, 0.05) is 30.0 Å². The zero-order valence-corrected chi connectivity index (χ0v) is 12.4. The minimum absolute atomic E-state index is 0.0929. The fourth-order valence-electron chi connectivity index (χ4n) is 2.69.